The van der Waals surface area contributed by atoms with Gasteiger partial charge in [0.25, 0.3) is 0 Å². The molecule has 0 bridgehead atoms. The van der Waals surface area contributed by atoms with Crippen molar-refractivity contribution in [3.63, 3.8) is 0 Å². The van der Waals surface area contributed by atoms with Crippen LogP contribution < -0.4 is 37.9 Å². The summed E-state index contributed by atoms with van der Waals surface area (Å²) in [7, 11) is 6.29. The summed E-state index contributed by atoms with van der Waals surface area (Å²) in [5, 5.41) is 22.4. The highest BCUT2D eigenvalue weighted by Crippen LogP contribution is 2.52. The minimum Gasteiger partial charge on any atom is -0.493 e. The molecule has 2 aliphatic heterocycles. The number of fused-ring (bicyclic) bond motifs is 1. The highest BCUT2D eigenvalue weighted by Gasteiger charge is 2.49. The molecule has 7 atom stereocenters. The smallest absolute Gasteiger partial charge is 0.231 e. The van der Waals surface area contributed by atoms with Crippen molar-refractivity contribution in [3.8, 4) is 46.0 Å². The van der Waals surface area contributed by atoms with E-state index >= 15 is 0 Å². The summed E-state index contributed by atoms with van der Waals surface area (Å²) in [6, 6.07) is 22.1. The number of hydrogen-bond acceptors (Lipinski definition) is 11. The van der Waals surface area contributed by atoms with Crippen LogP contribution in [0.4, 0.5) is 0 Å². The predicted molar refractivity (Wildman–Crippen MR) is 193 cm³/mol. The number of hydrogen-bond donors (Lipinski definition) is 2. The third-order valence-electron chi connectivity index (χ3n) is 10.3. The maximum atomic E-state index is 11.2. The van der Waals surface area contributed by atoms with Crippen molar-refractivity contribution in [2.75, 3.05) is 41.8 Å². The fourth-order valence-corrected chi connectivity index (χ4v) is 7.00. The molecular weight excluding hydrogens is 668 g/mol. The van der Waals surface area contributed by atoms with Crippen LogP contribution in [-0.4, -0.2) is 64.3 Å². The predicted octanol–water partition coefficient (Wildman–Crippen LogP) is 7.00. The van der Waals surface area contributed by atoms with Crippen molar-refractivity contribution >= 4 is 0 Å². The molecule has 278 valence electrons. The van der Waals surface area contributed by atoms with Gasteiger partial charge in [-0.25, -0.2) is 0 Å². The molecule has 1 fully saturated rings. The zero-order chi connectivity index (χ0) is 37.2. The molecule has 2 heterocycles. The summed E-state index contributed by atoms with van der Waals surface area (Å²) in [5.41, 5.74) is 2.19. The summed E-state index contributed by atoms with van der Waals surface area (Å²) < 4.78 is 52.7. The Morgan fingerprint density at radius 1 is 0.596 bits per heavy atom. The lowest BCUT2D eigenvalue weighted by Gasteiger charge is -2.36. The molecule has 0 amide bonds. The fourth-order valence-electron chi connectivity index (χ4n) is 7.00. The van der Waals surface area contributed by atoms with Crippen LogP contribution in [0.5, 0.6) is 46.0 Å². The standard InChI is InChI=1S/C41H48O11/c1-23-21-50-41(24(23)2,29-11-15-33(36(19-29)46-7)51-25(3)39(42)27-9-13-31(44-5)35(17-27)45-6)30-12-16-34(37(20-30)47-8)52-26(4)40(43)28-10-14-32-38(18-28)49-22-48-32/h9-20,23-26,39-40,42-43H,21-22H2,1-8H3. The Balaban J connectivity index is 1.26. The lowest BCUT2D eigenvalue weighted by atomic mass is 9.74. The number of methoxy groups -OCH3 is 4. The highest BCUT2D eigenvalue weighted by molar-refractivity contribution is 5.53. The van der Waals surface area contributed by atoms with E-state index in [9.17, 15) is 10.2 Å². The summed E-state index contributed by atoms with van der Waals surface area (Å²) in [6.07, 6.45) is -3.12. The lowest BCUT2D eigenvalue weighted by Crippen LogP contribution is -2.34. The van der Waals surface area contributed by atoms with E-state index in [1.807, 2.05) is 36.4 Å². The summed E-state index contributed by atoms with van der Waals surface area (Å²) in [4.78, 5) is 0. The van der Waals surface area contributed by atoms with E-state index in [1.165, 1.54) is 0 Å². The molecule has 0 aromatic heterocycles. The van der Waals surface area contributed by atoms with Crippen LogP contribution in [0, 0.1) is 11.8 Å². The minimum absolute atomic E-state index is 0.0676. The third-order valence-corrected chi connectivity index (χ3v) is 10.3. The van der Waals surface area contributed by atoms with Crippen molar-refractivity contribution in [1.29, 1.82) is 0 Å². The molecule has 0 radical (unpaired) electrons. The zero-order valence-electron chi connectivity index (χ0n) is 30.9. The van der Waals surface area contributed by atoms with Gasteiger partial charge in [0.1, 0.15) is 30.0 Å². The zero-order valence-corrected chi connectivity index (χ0v) is 30.9. The second-order valence-corrected chi connectivity index (χ2v) is 13.3. The van der Waals surface area contributed by atoms with Gasteiger partial charge in [-0.15, -0.1) is 0 Å². The van der Waals surface area contributed by atoms with E-state index < -0.39 is 30.0 Å². The van der Waals surface area contributed by atoms with Crippen LogP contribution in [0.2, 0.25) is 0 Å². The van der Waals surface area contributed by atoms with E-state index in [0.717, 1.165) is 11.1 Å². The quantitative estimate of drug-likeness (QED) is 0.140. The second-order valence-electron chi connectivity index (χ2n) is 13.3. The first-order chi connectivity index (χ1) is 25.0. The number of aliphatic hydroxyl groups is 2. The van der Waals surface area contributed by atoms with Gasteiger partial charge in [-0.1, -0.05) is 38.1 Å². The minimum atomic E-state index is -0.955. The average molecular weight is 717 g/mol. The molecular formula is C41H48O11. The van der Waals surface area contributed by atoms with Crippen LogP contribution in [0.1, 0.15) is 62.2 Å². The van der Waals surface area contributed by atoms with Gasteiger partial charge in [-0.2, -0.15) is 0 Å². The Morgan fingerprint density at radius 3 is 1.60 bits per heavy atom. The number of rotatable bonds is 14. The SMILES string of the molecule is COc1ccc(C(O)C(C)Oc2ccc(C3(c4ccc(OC(C)C(O)c5ccc6c(c5)OCO6)c(OC)c4)OCC(C)C3C)cc2OC)cc1OC. The molecule has 7 unspecified atom stereocenters. The normalized spacial score (nSPS) is 21.5. The fraction of sp³-hybridized carbons (Fsp3) is 0.415. The van der Waals surface area contributed by atoms with Crippen LogP contribution in [0.3, 0.4) is 0 Å². The first-order valence-electron chi connectivity index (χ1n) is 17.4. The molecule has 6 rings (SSSR count). The molecule has 0 saturated carbocycles. The molecule has 0 aliphatic carbocycles. The van der Waals surface area contributed by atoms with Crippen LogP contribution in [0.25, 0.3) is 0 Å². The number of benzene rings is 4. The third kappa shape index (κ3) is 6.88. The summed E-state index contributed by atoms with van der Waals surface area (Å²) >= 11 is 0. The van der Waals surface area contributed by atoms with Crippen molar-refractivity contribution < 1.29 is 52.8 Å². The van der Waals surface area contributed by atoms with Gasteiger partial charge in [-0.05, 0) is 96.5 Å². The first kappa shape index (κ1) is 36.9. The van der Waals surface area contributed by atoms with Gasteiger partial charge in [0, 0.05) is 0 Å². The Morgan fingerprint density at radius 2 is 1.08 bits per heavy atom. The average Bonchev–Trinajstić information content (AvgIpc) is 3.77. The van der Waals surface area contributed by atoms with Crippen molar-refractivity contribution in [3.05, 3.63) is 95.1 Å². The van der Waals surface area contributed by atoms with Crippen LogP contribution >= 0.6 is 0 Å². The highest BCUT2D eigenvalue weighted by atomic mass is 16.7. The van der Waals surface area contributed by atoms with E-state index in [-0.39, 0.29) is 18.6 Å². The monoisotopic (exact) mass is 716 g/mol. The Labute approximate surface area is 304 Å². The van der Waals surface area contributed by atoms with E-state index in [4.69, 9.17) is 42.6 Å². The van der Waals surface area contributed by atoms with Gasteiger partial charge in [0.15, 0.2) is 46.0 Å². The second kappa shape index (κ2) is 15.4. The van der Waals surface area contributed by atoms with Gasteiger partial charge in [0.2, 0.25) is 6.79 Å². The number of aliphatic hydroxyl groups excluding tert-OH is 2. The largest absolute Gasteiger partial charge is 0.493 e. The van der Waals surface area contributed by atoms with Gasteiger partial charge < -0.3 is 52.8 Å². The molecule has 52 heavy (non-hydrogen) atoms. The maximum Gasteiger partial charge on any atom is 0.231 e. The molecule has 4 aromatic carbocycles. The van der Waals surface area contributed by atoms with Crippen LogP contribution in [-0.2, 0) is 10.3 Å². The van der Waals surface area contributed by atoms with Gasteiger partial charge in [0.05, 0.1) is 35.0 Å². The van der Waals surface area contributed by atoms with E-state index in [0.29, 0.717) is 63.7 Å². The van der Waals surface area contributed by atoms with Crippen molar-refractivity contribution in [2.24, 2.45) is 11.8 Å². The van der Waals surface area contributed by atoms with E-state index in [1.54, 1.807) is 78.7 Å². The van der Waals surface area contributed by atoms with Crippen molar-refractivity contribution in [2.45, 2.75) is 57.7 Å². The molecule has 0 spiro atoms. The maximum absolute atomic E-state index is 11.2. The molecule has 2 N–H and O–H groups in total. The molecule has 11 nitrogen and oxygen atoms in total. The van der Waals surface area contributed by atoms with Gasteiger partial charge in [-0.3, -0.25) is 0 Å². The van der Waals surface area contributed by atoms with Gasteiger partial charge >= 0.3 is 0 Å². The molecule has 1 saturated heterocycles. The molecule has 11 heteroatoms. The van der Waals surface area contributed by atoms with Crippen LogP contribution in [0.15, 0.2) is 72.8 Å². The summed E-state index contributed by atoms with van der Waals surface area (Å²) in [6.45, 7) is 8.66. The molecule has 2 aliphatic rings. The van der Waals surface area contributed by atoms with E-state index in [2.05, 4.69) is 13.8 Å². The Kier molecular flexibility index (Phi) is 10.9. The topological polar surface area (TPSA) is 124 Å². The Bertz CT molecular complexity index is 1860. The number of ether oxygens (including phenoxy) is 9. The van der Waals surface area contributed by atoms with Crippen molar-refractivity contribution in [1.82, 2.24) is 0 Å². The Hall–Kier alpha value is -4.84. The first-order valence-corrected chi connectivity index (χ1v) is 17.4. The summed E-state index contributed by atoms with van der Waals surface area (Å²) in [5.74, 6) is 4.60. The lowest BCUT2D eigenvalue weighted by molar-refractivity contribution is 0.0133. The molecule has 4 aromatic rings.